The van der Waals surface area contributed by atoms with Crippen LogP contribution >= 0.6 is 0 Å². The molecule has 0 bridgehead atoms. The van der Waals surface area contributed by atoms with Gasteiger partial charge in [-0.1, -0.05) is 43.4 Å². The van der Waals surface area contributed by atoms with Crippen molar-refractivity contribution in [2.24, 2.45) is 0 Å². The molecule has 1 amide bonds. The Morgan fingerprint density at radius 1 is 0.859 bits per heavy atom. The van der Waals surface area contributed by atoms with Crippen LogP contribution in [0.4, 0.5) is 11.4 Å². The number of carboxylic acid groups (broad SMARTS) is 1. The number of fused-ring (bicyclic) bond motifs is 4. The van der Waals surface area contributed by atoms with Gasteiger partial charge in [-0.25, -0.2) is 9.37 Å². The van der Waals surface area contributed by atoms with Crippen molar-refractivity contribution in [3.63, 3.8) is 0 Å². The van der Waals surface area contributed by atoms with Crippen LogP contribution in [-0.4, -0.2) is 64.0 Å². The number of carboxylic acids is 1. The van der Waals surface area contributed by atoms with E-state index >= 15 is 0 Å². The maximum atomic E-state index is 13.7. The Labute approximate surface area is 374 Å². The summed E-state index contributed by atoms with van der Waals surface area (Å²) in [6.45, 7) is 7.25. The van der Waals surface area contributed by atoms with Crippen LogP contribution in [0.25, 0.3) is 39.0 Å². The van der Waals surface area contributed by atoms with E-state index in [2.05, 4.69) is 60.2 Å². The minimum Gasteiger partial charge on any atom is -0.478 e. The first-order valence-electron chi connectivity index (χ1n) is 22.0. The number of amides is 1. The van der Waals surface area contributed by atoms with E-state index in [1.165, 1.54) is 15.9 Å². The van der Waals surface area contributed by atoms with Gasteiger partial charge < -0.3 is 36.6 Å². The van der Waals surface area contributed by atoms with Crippen LogP contribution in [0.2, 0.25) is 13.1 Å². The van der Waals surface area contributed by atoms with E-state index in [4.69, 9.17) is 15.6 Å². The van der Waals surface area contributed by atoms with Gasteiger partial charge in [0.15, 0.2) is 0 Å². The molecule has 0 atom stereocenters. The van der Waals surface area contributed by atoms with E-state index in [1.54, 1.807) is 6.07 Å². The first-order chi connectivity index (χ1) is 30.7. The maximum absolute atomic E-state index is 13.7. The highest BCUT2D eigenvalue weighted by Gasteiger charge is 2.40. The van der Waals surface area contributed by atoms with E-state index in [0.717, 1.165) is 86.8 Å². The summed E-state index contributed by atoms with van der Waals surface area (Å²) in [6, 6.07) is 30.2. The zero-order valence-corrected chi connectivity index (χ0v) is 38.3. The summed E-state index contributed by atoms with van der Waals surface area (Å²) in [4.78, 5) is 26.6. The molecule has 5 aliphatic rings. The van der Waals surface area contributed by atoms with Gasteiger partial charge in [0, 0.05) is 71.3 Å². The van der Waals surface area contributed by atoms with Gasteiger partial charge in [-0.05, 0) is 143 Å². The number of nitrogens with one attached hydrogen (secondary N) is 4. The third-order valence-corrected chi connectivity index (χ3v) is 17.0. The molecular weight excluding hydrogens is 813 g/mol. The number of nitrogens with zero attached hydrogens (tertiary/aromatic N) is 1. The van der Waals surface area contributed by atoms with Crippen LogP contribution in [0.1, 0.15) is 68.7 Å². The highest BCUT2D eigenvalue weighted by atomic mass is 28.3. The molecule has 10 nitrogen and oxygen atoms in total. The fourth-order valence-electron chi connectivity index (χ4n) is 9.91. The van der Waals surface area contributed by atoms with E-state index in [-0.39, 0.29) is 23.6 Å². The topological polar surface area (TPSA) is 156 Å². The first kappa shape index (κ1) is 42.5. The second-order valence-electron chi connectivity index (χ2n) is 18.2. The Balaban J connectivity index is 0.881. The van der Waals surface area contributed by atoms with Crippen LogP contribution in [-0.2, 0) is 6.54 Å². The van der Waals surface area contributed by atoms with Gasteiger partial charge in [-0.2, -0.15) is 0 Å². The third kappa shape index (κ3) is 7.79. The molecule has 11 heteroatoms. The summed E-state index contributed by atoms with van der Waals surface area (Å²) in [7, 11) is 3.69. The summed E-state index contributed by atoms with van der Waals surface area (Å²) < 4.78 is 8.44. The lowest BCUT2D eigenvalue weighted by Gasteiger charge is -2.38. The molecule has 0 radical (unpaired) electrons. The first-order valence-corrected chi connectivity index (χ1v) is 25.0. The standard InChI is InChI=1S/C53H54N6O4Si/c1-30-23-32(8-18-39(30)50-43-19-9-33(54)25-48(43)64(5,6)49-26-34(55)10-20-44(49)50)52(60)58-36-13-11-35(12-14-36)57-29-31-7-17-40(45(24-31)53(61)62)51-41-21-15-37(56-2)27-46(41)63-47-28-38(59(3)4)16-22-42(47)51/h7-10,15-28,35-36,57H,11-14,29H2,1-6H3,(H5,54,55,58,60,61,62)/p+1. The Hall–Kier alpha value is -6.82. The summed E-state index contributed by atoms with van der Waals surface area (Å²) in [5.41, 5.74) is 18.8. The second-order valence-corrected chi connectivity index (χ2v) is 22.5. The monoisotopic (exact) mass is 867 g/mol. The molecule has 0 spiro atoms. The average Bonchev–Trinajstić information content (AvgIpc) is 3.28. The summed E-state index contributed by atoms with van der Waals surface area (Å²) in [5, 5.41) is 33.5. The van der Waals surface area contributed by atoms with Crippen LogP contribution in [0.3, 0.4) is 0 Å². The summed E-state index contributed by atoms with van der Waals surface area (Å²) in [5.74, 6) is -0.382. The highest BCUT2D eigenvalue weighted by molar-refractivity contribution is 6.98. The number of benzene rings is 5. The van der Waals surface area contributed by atoms with Crippen molar-refractivity contribution in [2.75, 3.05) is 32.2 Å². The zero-order valence-electron chi connectivity index (χ0n) is 37.3. The van der Waals surface area contributed by atoms with E-state index in [9.17, 15) is 14.7 Å². The van der Waals surface area contributed by atoms with Crippen LogP contribution in [0, 0.1) is 12.3 Å². The predicted octanol–water partition coefficient (Wildman–Crippen LogP) is 8.48. The molecule has 64 heavy (non-hydrogen) atoms. The smallest absolute Gasteiger partial charge is 0.336 e. The molecule has 1 fully saturated rings. The Kier molecular flexibility index (Phi) is 11.1. The van der Waals surface area contributed by atoms with Crippen molar-refractivity contribution in [3.8, 4) is 22.5 Å². The van der Waals surface area contributed by atoms with Crippen molar-refractivity contribution < 1.29 is 19.1 Å². The second kappa shape index (κ2) is 16.7. The van der Waals surface area contributed by atoms with Gasteiger partial charge in [0.05, 0.1) is 17.3 Å². The normalized spacial score (nSPS) is 17.8. The zero-order chi connectivity index (χ0) is 45.0. The number of nitrogens with two attached hydrogens (primary N) is 1. The number of hydrogen-bond acceptors (Lipinski definition) is 7. The molecule has 0 unspecified atom stereocenters. The van der Waals surface area contributed by atoms with Gasteiger partial charge >= 0.3 is 5.97 Å². The Morgan fingerprint density at radius 3 is 2.33 bits per heavy atom. The lowest BCUT2D eigenvalue weighted by atomic mass is 9.87. The lowest BCUT2D eigenvalue weighted by molar-refractivity contribution is 0.0697. The van der Waals surface area contributed by atoms with E-state index < -0.39 is 14.0 Å². The molecule has 4 aromatic rings. The minimum atomic E-state index is -2.13. The van der Waals surface area contributed by atoms with Gasteiger partial charge in [0.25, 0.3) is 5.91 Å². The number of aryl methyl sites for hydroxylation is 1. The third-order valence-electron chi connectivity index (χ3n) is 13.5. The molecule has 7 N–H and O–H groups in total. The molecule has 2 aliphatic heterocycles. The van der Waals surface area contributed by atoms with Crippen molar-refractivity contribution in [3.05, 3.63) is 159 Å². The number of anilines is 2. The summed E-state index contributed by atoms with van der Waals surface area (Å²) >= 11 is 0. The Morgan fingerprint density at radius 2 is 1.59 bits per heavy atom. The highest BCUT2D eigenvalue weighted by Crippen LogP contribution is 2.44. The number of carbonyl (C=O) groups is 2. The van der Waals surface area contributed by atoms with Gasteiger partial charge in [-0.3, -0.25) is 4.79 Å². The Bertz CT molecular complexity index is 3070. The fourth-order valence-corrected chi connectivity index (χ4v) is 13.0. The molecule has 3 aliphatic carbocycles. The molecule has 2 heterocycles. The number of allylic oxidation sites excluding steroid dienone is 5. The fraction of sp³-hybridized carbons (Fsp3) is 0.245. The summed E-state index contributed by atoms with van der Waals surface area (Å²) in [6.07, 6.45) is 9.44. The van der Waals surface area contributed by atoms with E-state index in [0.29, 0.717) is 34.7 Å². The molecule has 9 rings (SSSR count). The van der Waals surface area contributed by atoms with Gasteiger partial charge in [-0.15, -0.1) is 0 Å². The number of nitrogen functional groups attached to an aromatic ring is 1. The van der Waals surface area contributed by atoms with Crippen molar-refractivity contribution in [1.29, 1.82) is 5.41 Å². The molecule has 0 saturated heterocycles. The van der Waals surface area contributed by atoms with Gasteiger partial charge in [0.2, 0.25) is 5.36 Å². The SMILES string of the molecule is CNc1ccc2c(-c3ccc(CNC4CCC(NC(=O)c5ccc(C6=C7C=CC(=N)C=C7[Si](C)(C)c7cc(N)ccc76)c(C)c5)CC4)cc3C(=O)O)c3ccc(=[N+](C)C)cc-3oc2c1. The van der Waals surface area contributed by atoms with Crippen LogP contribution in [0.15, 0.2) is 124 Å². The van der Waals surface area contributed by atoms with E-state index in [1.807, 2.05) is 105 Å². The number of carbonyl (C=O) groups excluding carboxylic acids is 1. The van der Waals surface area contributed by atoms with Crippen molar-refractivity contribution in [1.82, 2.24) is 15.2 Å². The lowest BCUT2D eigenvalue weighted by Crippen LogP contribution is -2.49. The molecule has 0 aromatic heterocycles. The van der Waals surface area contributed by atoms with Gasteiger partial charge in [0.1, 0.15) is 33.5 Å². The number of aromatic carboxylic acids is 1. The minimum absolute atomic E-state index is 0.0619. The molecule has 4 aromatic carbocycles. The predicted molar refractivity (Wildman–Crippen MR) is 262 cm³/mol. The number of hydrogen-bond donors (Lipinski definition) is 6. The van der Waals surface area contributed by atoms with Crippen LogP contribution in [0.5, 0.6) is 0 Å². The molecule has 1 saturated carbocycles. The van der Waals surface area contributed by atoms with Crippen molar-refractivity contribution >= 4 is 58.8 Å². The maximum Gasteiger partial charge on any atom is 0.336 e. The molecular formula is C53H55N6O4Si+. The average molecular weight is 868 g/mol. The largest absolute Gasteiger partial charge is 0.478 e. The molecule has 324 valence electrons. The quantitative estimate of drug-likeness (QED) is 0.0369. The van der Waals surface area contributed by atoms with Crippen LogP contribution < -0.4 is 36.8 Å². The van der Waals surface area contributed by atoms with Crippen molar-refractivity contribution in [2.45, 2.75) is 64.3 Å². The number of rotatable bonds is 9.